The van der Waals surface area contributed by atoms with Crippen LogP contribution in [0.15, 0.2) is 12.2 Å². The summed E-state index contributed by atoms with van der Waals surface area (Å²) in [5.74, 6) is -4.55. The highest BCUT2D eigenvalue weighted by Gasteiger charge is 2.74. The third-order valence-corrected chi connectivity index (χ3v) is 1.79. The Labute approximate surface area is 90.1 Å². The van der Waals surface area contributed by atoms with E-state index in [2.05, 4.69) is 0 Å². The van der Waals surface area contributed by atoms with Crippen LogP contribution in [0.2, 0.25) is 0 Å². The lowest BCUT2D eigenvalue weighted by molar-refractivity contribution is -0.352. The first-order valence-corrected chi connectivity index (χ1v) is 4.11. The van der Waals surface area contributed by atoms with E-state index in [4.69, 9.17) is 0 Å². The van der Waals surface area contributed by atoms with Crippen molar-refractivity contribution in [1.82, 2.24) is 0 Å². The minimum absolute atomic E-state index is 0.223. The van der Waals surface area contributed by atoms with Gasteiger partial charge in [-0.1, -0.05) is 6.08 Å². The number of allylic oxidation sites excluding steroid dienone is 2. The van der Waals surface area contributed by atoms with Crippen LogP contribution in [0.5, 0.6) is 0 Å². The van der Waals surface area contributed by atoms with E-state index in [1.807, 2.05) is 0 Å². The summed E-state index contributed by atoms with van der Waals surface area (Å²) >= 11 is 0. The van der Waals surface area contributed by atoms with E-state index in [1.54, 1.807) is 0 Å². The molecule has 0 bridgehead atoms. The number of rotatable bonds is 3. The molecule has 0 aromatic rings. The number of hydrogen-bond donors (Lipinski definition) is 0. The highest BCUT2D eigenvalue weighted by Crippen LogP contribution is 2.51. The molecule has 0 nitrogen and oxygen atoms in total. The van der Waals surface area contributed by atoms with Crippen LogP contribution in [0.4, 0.5) is 39.5 Å². The van der Waals surface area contributed by atoms with Crippen LogP contribution in [0.25, 0.3) is 0 Å². The highest BCUT2D eigenvalue weighted by atomic mass is 19.4. The molecule has 0 unspecified atom stereocenters. The normalized spacial score (nSPS) is 15.6. The van der Waals surface area contributed by atoms with Gasteiger partial charge in [0, 0.05) is 0 Å². The third-order valence-electron chi connectivity index (χ3n) is 1.79. The molecule has 0 atom stereocenters. The molecule has 0 saturated heterocycles. The van der Waals surface area contributed by atoms with Gasteiger partial charge in [0.25, 0.3) is 5.92 Å². The van der Waals surface area contributed by atoms with Gasteiger partial charge >= 0.3 is 18.0 Å². The largest absolute Gasteiger partial charge is 0.431 e. The zero-order chi connectivity index (χ0) is 14.1. The molecule has 0 saturated carbocycles. The van der Waals surface area contributed by atoms with Gasteiger partial charge in [-0.2, -0.15) is 26.3 Å². The Morgan fingerprint density at radius 2 is 1.12 bits per heavy atom. The Hall–Kier alpha value is -0.890. The first-order chi connectivity index (χ1) is 7.27. The summed E-state index contributed by atoms with van der Waals surface area (Å²) in [6.45, 7) is 0.953. The van der Waals surface area contributed by atoms with Crippen LogP contribution >= 0.6 is 0 Å². The van der Waals surface area contributed by atoms with Crippen LogP contribution in [0, 0.1) is 0 Å². The Kier molecular flexibility index (Phi) is 4.18. The molecule has 0 aromatic carbocycles. The lowest BCUT2D eigenvalue weighted by Crippen LogP contribution is -2.55. The van der Waals surface area contributed by atoms with Crippen molar-refractivity contribution in [1.29, 1.82) is 0 Å². The molecule has 0 radical (unpaired) electrons. The van der Waals surface area contributed by atoms with Crippen molar-refractivity contribution in [2.24, 2.45) is 0 Å². The molecule has 0 heterocycles. The van der Waals surface area contributed by atoms with Crippen LogP contribution < -0.4 is 0 Å². The van der Waals surface area contributed by atoms with Gasteiger partial charge < -0.3 is 0 Å². The van der Waals surface area contributed by atoms with E-state index in [1.165, 1.54) is 0 Å². The van der Waals surface area contributed by atoms with Gasteiger partial charge in [-0.05, 0) is 13.0 Å². The van der Waals surface area contributed by atoms with E-state index in [0.29, 0.717) is 6.08 Å². The summed E-state index contributed by atoms with van der Waals surface area (Å²) in [5, 5.41) is 0. The topological polar surface area (TPSA) is 0 Å². The average Bonchev–Trinajstić information content (AvgIpc) is 1.97. The summed E-state index contributed by atoms with van der Waals surface area (Å²) in [7, 11) is 0. The standard InChI is InChI=1S/C8H7F9/c1-2-3-5(9,10)4-6(11,7(12,13)14)8(15,16)17/h2-3H,4H2,1H3. The third kappa shape index (κ3) is 3.53. The Bertz CT molecular complexity index is 268. The molecule has 102 valence electrons. The van der Waals surface area contributed by atoms with E-state index in [-0.39, 0.29) is 6.08 Å². The highest BCUT2D eigenvalue weighted by molar-refractivity contribution is 5.04. The van der Waals surface area contributed by atoms with E-state index < -0.39 is 30.4 Å². The first kappa shape index (κ1) is 16.1. The van der Waals surface area contributed by atoms with Crippen molar-refractivity contribution in [3.8, 4) is 0 Å². The molecule has 17 heavy (non-hydrogen) atoms. The molecule has 0 aliphatic heterocycles. The molecule has 0 rings (SSSR count). The predicted octanol–water partition coefficient (Wildman–Crippen LogP) is 4.42. The van der Waals surface area contributed by atoms with E-state index in [9.17, 15) is 39.5 Å². The number of alkyl halides is 9. The fourth-order valence-corrected chi connectivity index (χ4v) is 0.989. The second-order valence-electron chi connectivity index (χ2n) is 3.23. The van der Waals surface area contributed by atoms with Crippen LogP contribution in [0.3, 0.4) is 0 Å². The maximum atomic E-state index is 12.9. The predicted molar refractivity (Wildman–Crippen MR) is 40.3 cm³/mol. The van der Waals surface area contributed by atoms with Gasteiger partial charge in [-0.3, -0.25) is 0 Å². The zero-order valence-electron chi connectivity index (χ0n) is 8.26. The van der Waals surface area contributed by atoms with Crippen LogP contribution in [-0.2, 0) is 0 Å². The van der Waals surface area contributed by atoms with Crippen molar-refractivity contribution in [3.63, 3.8) is 0 Å². The quantitative estimate of drug-likeness (QED) is 0.528. The average molecular weight is 274 g/mol. The molecular weight excluding hydrogens is 267 g/mol. The molecule has 0 aromatic heterocycles. The molecule has 0 spiro atoms. The molecular formula is C8H7F9. The Morgan fingerprint density at radius 3 is 1.35 bits per heavy atom. The summed E-state index contributed by atoms with van der Waals surface area (Å²) in [4.78, 5) is 0. The summed E-state index contributed by atoms with van der Waals surface area (Å²) in [6.07, 6.45) is -15.6. The SMILES string of the molecule is CC=CC(F)(F)CC(F)(C(F)(F)F)C(F)(F)F. The van der Waals surface area contributed by atoms with Gasteiger partial charge in [0.1, 0.15) is 0 Å². The van der Waals surface area contributed by atoms with Gasteiger partial charge in [-0.15, -0.1) is 0 Å². The van der Waals surface area contributed by atoms with Gasteiger partial charge in [0.05, 0.1) is 6.42 Å². The van der Waals surface area contributed by atoms with Crippen molar-refractivity contribution < 1.29 is 39.5 Å². The second kappa shape index (κ2) is 4.41. The maximum absolute atomic E-state index is 12.9. The minimum Gasteiger partial charge on any atom is -0.223 e. The number of halogens is 9. The zero-order valence-corrected chi connectivity index (χ0v) is 8.26. The van der Waals surface area contributed by atoms with Gasteiger partial charge in [0.15, 0.2) is 0 Å². The molecule has 0 N–H and O–H groups in total. The fraction of sp³-hybridized carbons (Fsp3) is 0.750. The molecule has 0 amide bonds. The van der Waals surface area contributed by atoms with Gasteiger partial charge in [0.2, 0.25) is 0 Å². The monoisotopic (exact) mass is 274 g/mol. The fourth-order valence-electron chi connectivity index (χ4n) is 0.989. The second-order valence-corrected chi connectivity index (χ2v) is 3.23. The Morgan fingerprint density at radius 1 is 0.765 bits per heavy atom. The van der Waals surface area contributed by atoms with Crippen molar-refractivity contribution in [2.75, 3.05) is 0 Å². The molecule has 0 aliphatic rings. The Balaban J connectivity index is 5.41. The van der Waals surface area contributed by atoms with Gasteiger partial charge in [-0.25, -0.2) is 13.2 Å². The van der Waals surface area contributed by atoms with E-state index in [0.717, 1.165) is 6.92 Å². The van der Waals surface area contributed by atoms with Crippen LogP contribution in [-0.4, -0.2) is 23.9 Å². The smallest absolute Gasteiger partial charge is 0.223 e. The lowest BCUT2D eigenvalue weighted by atomic mass is 9.95. The number of hydrogen-bond acceptors (Lipinski definition) is 0. The minimum atomic E-state index is -6.46. The summed E-state index contributed by atoms with van der Waals surface area (Å²) < 4.78 is 110. The van der Waals surface area contributed by atoms with Crippen LogP contribution in [0.1, 0.15) is 13.3 Å². The van der Waals surface area contributed by atoms with Crippen molar-refractivity contribution in [2.45, 2.75) is 37.3 Å². The first-order valence-electron chi connectivity index (χ1n) is 4.11. The lowest BCUT2D eigenvalue weighted by Gasteiger charge is -2.31. The molecule has 0 fully saturated rings. The van der Waals surface area contributed by atoms with E-state index >= 15 is 0 Å². The maximum Gasteiger partial charge on any atom is 0.431 e. The van der Waals surface area contributed by atoms with Crippen molar-refractivity contribution in [3.05, 3.63) is 12.2 Å². The van der Waals surface area contributed by atoms with Crippen molar-refractivity contribution >= 4 is 0 Å². The molecule has 0 aliphatic carbocycles. The molecule has 9 heteroatoms. The summed E-state index contributed by atoms with van der Waals surface area (Å²) in [5.41, 5.74) is -5.94. The summed E-state index contributed by atoms with van der Waals surface area (Å²) in [6, 6.07) is 0.